The third-order valence-corrected chi connectivity index (χ3v) is 11.6. The van der Waals surface area contributed by atoms with Crippen LogP contribution in [0.25, 0.3) is 0 Å². The highest BCUT2D eigenvalue weighted by Crippen LogP contribution is 2.68. The van der Waals surface area contributed by atoms with Gasteiger partial charge in [-0.3, -0.25) is 9.59 Å². The summed E-state index contributed by atoms with van der Waals surface area (Å²) in [7, 11) is 1.57. The Hall–Kier alpha value is -1.10. The van der Waals surface area contributed by atoms with E-state index in [-0.39, 0.29) is 31.1 Å². The molecule has 206 valence electrons. The molecule has 8 atom stereocenters. The van der Waals surface area contributed by atoms with Crippen molar-refractivity contribution in [2.75, 3.05) is 20.2 Å². The number of ether oxygens (including phenoxy) is 1. The molecular formula is C31H54N2O3. The molecule has 0 saturated heterocycles. The Labute approximate surface area is 220 Å². The smallest absolute Gasteiger partial charge is 0.246 e. The summed E-state index contributed by atoms with van der Waals surface area (Å²) in [6.45, 7) is 10.1. The minimum absolute atomic E-state index is 0.0199. The third-order valence-electron chi connectivity index (χ3n) is 11.6. The molecule has 5 nitrogen and oxygen atoms in total. The number of fused-ring (bicyclic) bond motifs is 5. The SMILES string of the molecule is CNC(=O)CNC(=O)CO[C@H]1CC[C@@]2(C)C(CCC3C2CC[C@@]2(C)C3CC[C@@H]2CCCCC(C)C)C1. The number of carbonyl (C=O) groups is 2. The summed E-state index contributed by atoms with van der Waals surface area (Å²) in [4.78, 5) is 23.5. The van der Waals surface area contributed by atoms with Gasteiger partial charge in [0.2, 0.25) is 11.8 Å². The Morgan fingerprint density at radius 3 is 2.42 bits per heavy atom. The standard InChI is InChI=1S/C31H54N2O3/c1-21(2)8-6-7-9-22-11-13-26-25-12-10-23-18-24(36-20-29(35)33-19-28(34)32-5)14-16-31(23,4)27(25)15-17-30(22,26)3/h21-27H,6-20H2,1-5H3,(H,32,34)(H,33,35)/t22-,23?,24-,25?,26?,27?,30+,31-/m0/s1. The van der Waals surface area contributed by atoms with E-state index in [1.54, 1.807) is 7.05 Å². The predicted molar refractivity (Wildman–Crippen MR) is 145 cm³/mol. The van der Waals surface area contributed by atoms with E-state index in [4.69, 9.17) is 4.74 Å². The number of hydrogen-bond acceptors (Lipinski definition) is 3. The number of carbonyl (C=O) groups excluding carboxylic acids is 2. The summed E-state index contributed by atoms with van der Waals surface area (Å²) in [5.41, 5.74) is 1.03. The molecule has 0 aromatic carbocycles. The average Bonchev–Trinajstić information content (AvgIpc) is 3.19. The van der Waals surface area contributed by atoms with E-state index in [0.29, 0.717) is 10.8 Å². The zero-order valence-corrected chi connectivity index (χ0v) is 23.9. The highest BCUT2D eigenvalue weighted by Gasteiger charge is 2.59. The van der Waals surface area contributed by atoms with E-state index in [1.165, 1.54) is 70.6 Å². The van der Waals surface area contributed by atoms with Crippen LogP contribution in [0.3, 0.4) is 0 Å². The number of hydrogen-bond donors (Lipinski definition) is 2. The molecule has 4 fully saturated rings. The fraction of sp³-hybridized carbons (Fsp3) is 0.935. The molecule has 0 spiro atoms. The fourth-order valence-corrected chi connectivity index (χ4v) is 9.41. The Bertz CT molecular complexity index is 769. The first-order valence-electron chi connectivity index (χ1n) is 15.3. The molecule has 4 aliphatic carbocycles. The van der Waals surface area contributed by atoms with Crippen molar-refractivity contribution in [3.05, 3.63) is 0 Å². The van der Waals surface area contributed by atoms with Crippen molar-refractivity contribution in [1.82, 2.24) is 10.6 Å². The lowest BCUT2D eigenvalue weighted by atomic mass is 9.44. The van der Waals surface area contributed by atoms with Crippen molar-refractivity contribution in [2.45, 2.75) is 117 Å². The Balaban J connectivity index is 1.29. The van der Waals surface area contributed by atoms with E-state index in [0.717, 1.165) is 48.3 Å². The van der Waals surface area contributed by atoms with Crippen LogP contribution in [0.4, 0.5) is 0 Å². The third kappa shape index (κ3) is 5.81. The maximum absolute atomic E-state index is 12.1. The number of nitrogens with one attached hydrogen (secondary N) is 2. The van der Waals surface area contributed by atoms with Crippen molar-refractivity contribution in [3.63, 3.8) is 0 Å². The quantitative estimate of drug-likeness (QED) is 0.354. The molecule has 5 heteroatoms. The van der Waals surface area contributed by atoms with Gasteiger partial charge in [0.15, 0.2) is 0 Å². The zero-order valence-electron chi connectivity index (χ0n) is 23.9. The number of likely N-dealkylation sites (N-methyl/N-ethyl adjacent to an activating group) is 1. The monoisotopic (exact) mass is 502 g/mol. The molecule has 0 radical (unpaired) electrons. The minimum atomic E-state index is -0.192. The number of unbranched alkanes of at least 4 members (excludes halogenated alkanes) is 1. The van der Waals surface area contributed by atoms with Gasteiger partial charge < -0.3 is 15.4 Å². The second-order valence-corrected chi connectivity index (χ2v) is 13.8. The van der Waals surface area contributed by atoms with Gasteiger partial charge in [0.25, 0.3) is 0 Å². The lowest BCUT2D eigenvalue weighted by Crippen LogP contribution is -2.54. The number of amides is 2. The van der Waals surface area contributed by atoms with Crippen LogP contribution in [0.5, 0.6) is 0 Å². The molecule has 36 heavy (non-hydrogen) atoms. The van der Waals surface area contributed by atoms with Crippen molar-refractivity contribution in [3.8, 4) is 0 Å². The van der Waals surface area contributed by atoms with Gasteiger partial charge in [0.1, 0.15) is 6.61 Å². The van der Waals surface area contributed by atoms with Crippen molar-refractivity contribution in [1.29, 1.82) is 0 Å². The zero-order chi connectivity index (χ0) is 25.9. The van der Waals surface area contributed by atoms with E-state index in [2.05, 4.69) is 38.3 Å². The lowest BCUT2D eigenvalue weighted by molar-refractivity contribution is -0.143. The maximum atomic E-state index is 12.1. The summed E-state index contributed by atoms with van der Waals surface area (Å²) in [6.07, 6.45) is 17.9. The van der Waals surface area contributed by atoms with E-state index < -0.39 is 0 Å². The molecule has 4 rings (SSSR count). The Morgan fingerprint density at radius 2 is 1.67 bits per heavy atom. The molecule has 0 aromatic rings. The number of rotatable bonds is 10. The molecule has 2 N–H and O–H groups in total. The van der Waals surface area contributed by atoms with Crippen molar-refractivity contribution < 1.29 is 14.3 Å². The highest BCUT2D eigenvalue weighted by atomic mass is 16.5. The minimum Gasteiger partial charge on any atom is -0.368 e. The first kappa shape index (κ1) is 27.9. The molecule has 4 aliphatic rings. The van der Waals surface area contributed by atoms with Crippen molar-refractivity contribution >= 4 is 11.8 Å². The second kappa shape index (κ2) is 11.7. The van der Waals surface area contributed by atoms with Crippen LogP contribution in [0, 0.1) is 46.3 Å². The molecule has 4 saturated carbocycles. The van der Waals surface area contributed by atoms with Gasteiger partial charge in [-0.05, 0) is 111 Å². The van der Waals surface area contributed by atoms with Gasteiger partial charge >= 0.3 is 0 Å². The predicted octanol–water partition coefficient (Wildman–Crippen LogP) is 6.11. The van der Waals surface area contributed by atoms with Crippen LogP contribution < -0.4 is 10.6 Å². The molecule has 2 amide bonds. The van der Waals surface area contributed by atoms with E-state index >= 15 is 0 Å². The van der Waals surface area contributed by atoms with Gasteiger partial charge in [-0.1, -0.05) is 47.0 Å². The second-order valence-electron chi connectivity index (χ2n) is 13.8. The van der Waals surface area contributed by atoms with Crippen LogP contribution in [-0.2, 0) is 14.3 Å². The van der Waals surface area contributed by atoms with Crippen LogP contribution in [-0.4, -0.2) is 38.1 Å². The Morgan fingerprint density at radius 1 is 0.917 bits per heavy atom. The van der Waals surface area contributed by atoms with Crippen LogP contribution in [0.2, 0.25) is 0 Å². The van der Waals surface area contributed by atoms with Gasteiger partial charge in [0, 0.05) is 7.05 Å². The van der Waals surface area contributed by atoms with Crippen LogP contribution in [0.1, 0.15) is 111 Å². The molecule has 0 aromatic heterocycles. The van der Waals surface area contributed by atoms with E-state index in [1.807, 2.05) is 0 Å². The summed E-state index contributed by atoms with van der Waals surface area (Å²) in [6, 6.07) is 0. The van der Waals surface area contributed by atoms with Gasteiger partial charge in [-0.25, -0.2) is 0 Å². The van der Waals surface area contributed by atoms with Gasteiger partial charge in [0.05, 0.1) is 12.6 Å². The lowest BCUT2D eigenvalue weighted by Gasteiger charge is -2.61. The van der Waals surface area contributed by atoms with E-state index in [9.17, 15) is 9.59 Å². The molecule has 0 heterocycles. The summed E-state index contributed by atoms with van der Waals surface area (Å²) < 4.78 is 6.06. The molecule has 0 aliphatic heterocycles. The largest absolute Gasteiger partial charge is 0.368 e. The fourth-order valence-electron chi connectivity index (χ4n) is 9.41. The first-order chi connectivity index (χ1) is 17.2. The highest BCUT2D eigenvalue weighted by molar-refractivity contribution is 5.84. The summed E-state index contributed by atoms with van der Waals surface area (Å²) >= 11 is 0. The van der Waals surface area contributed by atoms with Crippen LogP contribution in [0.15, 0.2) is 0 Å². The summed E-state index contributed by atoms with van der Waals surface area (Å²) in [5.74, 6) is 4.91. The maximum Gasteiger partial charge on any atom is 0.246 e. The molecule has 0 bridgehead atoms. The molecular weight excluding hydrogens is 448 g/mol. The van der Waals surface area contributed by atoms with Gasteiger partial charge in [-0.2, -0.15) is 0 Å². The first-order valence-corrected chi connectivity index (χ1v) is 15.3. The molecule has 4 unspecified atom stereocenters. The average molecular weight is 503 g/mol. The van der Waals surface area contributed by atoms with Crippen molar-refractivity contribution in [2.24, 2.45) is 46.3 Å². The Kier molecular flexibility index (Phi) is 9.11. The van der Waals surface area contributed by atoms with Crippen LogP contribution >= 0.6 is 0 Å². The normalized spacial score (nSPS) is 39.7. The van der Waals surface area contributed by atoms with Gasteiger partial charge in [-0.15, -0.1) is 0 Å². The summed E-state index contributed by atoms with van der Waals surface area (Å²) in [5, 5.41) is 5.17. The topological polar surface area (TPSA) is 67.4 Å².